The number of benzene rings is 1. The third-order valence-corrected chi connectivity index (χ3v) is 3.56. The topological polar surface area (TPSA) is 22.0 Å². The van der Waals surface area contributed by atoms with Crippen LogP contribution in [-0.2, 0) is 11.9 Å². The molecule has 0 aliphatic carbocycles. The quantitative estimate of drug-likeness (QED) is 0.788. The molecule has 1 heterocycles. The summed E-state index contributed by atoms with van der Waals surface area (Å²) < 4.78 is 1.90. The number of nitrogens with zero attached hydrogens (tertiary/aromatic N) is 1. The van der Waals surface area contributed by atoms with Crippen molar-refractivity contribution >= 4 is 26.8 Å². The van der Waals surface area contributed by atoms with Gasteiger partial charge in [-0.25, -0.2) is 0 Å². The summed E-state index contributed by atoms with van der Waals surface area (Å²) in [6, 6.07) is 10.1. The molecular weight excluding hydrogens is 278 g/mol. The second-order valence-corrected chi connectivity index (χ2v) is 4.73. The molecule has 0 radical (unpaired) electrons. The van der Waals surface area contributed by atoms with Crippen molar-refractivity contribution in [2.45, 2.75) is 31.6 Å². The van der Waals surface area contributed by atoms with E-state index in [0.717, 1.165) is 35.9 Å². The lowest BCUT2D eigenvalue weighted by Crippen LogP contribution is -2.23. The molecule has 0 amide bonds. The molecule has 0 atom stereocenters. The number of unbranched alkanes of at least 4 members (excludes halogenated alkanes) is 1. The number of hydrogen-bond donors (Lipinski definition) is 0. The van der Waals surface area contributed by atoms with Gasteiger partial charge in [-0.3, -0.25) is 4.79 Å². The van der Waals surface area contributed by atoms with E-state index >= 15 is 0 Å². The molecular formula is C14H16BrNO. The minimum Gasteiger partial charge on any atom is -0.308 e. The molecule has 0 saturated heterocycles. The smallest absolute Gasteiger partial charge is 0.255 e. The number of aromatic nitrogens is 1. The molecule has 17 heavy (non-hydrogen) atoms. The second kappa shape index (κ2) is 5.50. The molecule has 0 saturated carbocycles. The molecule has 0 bridgehead atoms. The maximum absolute atomic E-state index is 12.3. The van der Waals surface area contributed by atoms with Crippen LogP contribution in [0.1, 0.15) is 25.3 Å². The molecule has 2 nitrogen and oxygen atoms in total. The van der Waals surface area contributed by atoms with E-state index in [1.54, 1.807) is 0 Å². The van der Waals surface area contributed by atoms with Crippen LogP contribution in [0.4, 0.5) is 0 Å². The fourth-order valence-electron chi connectivity index (χ4n) is 2.02. The fraction of sp³-hybridized carbons (Fsp3) is 0.357. The number of halogens is 1. The van der Waals surface area contributed by atoms with Crippen LogP contribution < -0.4 is 5.56 Å². The molecule has 3 heteroatoms. The molecule has 2 rings (SSSR count). The van der Waals surface area contributed by atoms with E-state index in [-0.39, 0.29) is 5.56 Å². The van der Waals surface area contributed by atoms with E-state index in [1.165, 1.54) is 0 Å². The summed E-state index contributed by atoms with van der Waals surface area (Å²) in [7, 11) is 0. The SMILES string of the molecule is CCCCn1c(=O)c(CBr)cc2ccccc21. The Kier molecular flexibility index (Phi) is 4.00. The van der Waals surface area contributed by atoms with Gasteiger partial charge < -0.3 is 4.57 Å². The Morgan fingerprint density at radius 3 is 2.76 bits per heavy atom. The van der Waals surface area contributed by atoms with Crippen LogP contribution in [0.2, 0.25) is 0 Å². The molecule has 1 aromatic carbocycles. The lowest BCUT2D eigenvalue weighted by atomic mass is 10.1. The number of aryl methyl sites for hydroxylation is 1. The van der Waals surface area contributed by atoms with E-state index < -0.39 is 0 Å². The van der Waals surface area contributed by atoms with Crippen LogP contribution in [0, 0.1) is 0 Å². The average Bonchev–Trinajstić information content (AvgIpc) is 2.37. The van der Waals surface area contributed by atoms with Crippen LogP contribution in [0.3, 0.4) is 0 Å². The first-order valence-corrected chi connectivity index (χ1v) is 7.07. The molecule has 1 aromatic heterocycles. The highest BCUT2D eigenvalue weighted by atomic mass is 79.9. The molecule has 0 aliphatic rings. The van der Waals surface area contributed by atoms with Crippen molar-refractivity contribution in [3.05, 3.63) is 46.2 Å². The first kappa shape index (κ1) is 12.4. The normalized spacial score (nSPS) is 10.9. The summed E-state index contributed by atoms with van der Waals surface area (Å²) in [4.78, 5) is 12.3. The minimum atomic E-state index is 0.133. The van der Waals surface area contributed by atoms with Crippen molar-refractivity contribution in [1.29, 1.82) is 0 Å². The van der Waals surface area contributed by atoms with E-state index in [4.69, 9.17) is 0 Å². The van der Waals surface area contributed by atoms with Crippen LogP contribution in [0.15, 0.2) is 35.1 Å². The van der Waals surface area contributed by atoms with E-state index in [1.807, 2.05) is 28.8 Å². The van der Waals surface area contributed by atoms with Crippen molar-refractivity contribution in [2.24, 2.45) is 0 Å². The molecule has 0 fully saturated rings. The molecule has 0 N–H and O–H groups in total. The van der Waals surface area contributed by atoms with E-state index in [2.05, 4.69) is 28.9 Å². The highest BCUT2D eigenvalue weighted by Crippen LogP contribution is 2.15. The van der Waals surface area contributed by atoms with Crippen molar-refractivity contribution < 1.29 is 0 Å². The summed E-state index contributed by atoms with van der Waals surface area (Å²) in [5.74, 6) is 0. The Morgan fingerprint density at radius 1 is 1.29 bits per heavy atom. The molecule has 0 aliphatic heterocycles. The number of para-hydroxylation sites is 1. The Morgan fingerprint density at radius 2 is 2.06 bits per heavy atom. The van der Waals surface area contributed by atoms with Crippen molar-refractivity contribution in [2.75, 3.05) is 0 Å². The number of hydrogen-bond acceptors (Lipinski definition) is 1. The van der Waals surface area contributed by atoms with E-state index in [9.17, 15) is 4.79 Å². The van der Waals surface area contributed by atoms with Gasteiger partial charge in [0.25, 0.3) is 5.56 Å². The van der Waals surface area contributed by atoms with E-state index in [0.29, 0.717) is 5.33 Å². The van der Waals surface area contributed by atoms with Crippen molar-refractivity contribution in [3.63, 3.8) is 0 Å². The Labute approximate surface area is 109 Å². The predicted octanol–water partition coefficient (Wildman–Crippen LogP) is 3.70. The van der Waals surface area contributed by atoms with Gasteiger partial charge in [0.15, 0.2) is 0 Å². The largest absolute Gasteiger partial charge is 0.308 e. The summed E-state index contributed by atoms with van der Waals surface area (Å²) in [5.41, 5.74) is 2.00. The zero-order chi connectivity index (χ0) is 12.3. The minimum absolute atomic E-state index is 0.133. The highest BCUT2D eigenvalue weighted by Gasteiger charge is 2.07. The van der Waals surface area contributed by atoms with Gasteiger partial charge in [-0.2, -0.15) is 0 Å². The lowest BCUT2D eigenvalue weighted by molar-refractivity contribution is 0.629. The van der Waals surface area contributed by atoms with Gasteiger partial charge in [0, 0.05) is 17.4 Å². The summed E-state index contributed by atoms with van der Waals surface area (Å²) in [6.45, 7) is 2.94. The zero-order valence-corrected chi connectivity index (χ0v) is 11.5. The Bertz CT molecular complexity index is 574. The van der Waals surface area contributed by atoms with Crippen LogP contribution in [0.5, 0.6) is 0 Å². The average molecular weight is 294 g/mol. The van der Waals surface area contributed by atoms with Crippen LogP contribution in [0.25, 0.3) is 10.9 Å². The van der Waals surface area contributed by atoms with Crippen LogP contribution >= 0.6 is 15.9 Å². The first-order chi connectivity index (χ1) is 8.27. The van der Waals surface area contributed by atoms with Crippen molar-refractivity contribution in [3.8, 4) is 0 Å². The second-order valence-electron chi connectivity index (χ2n) is 4.17. The van der Waals surface area contributed by atoms with Gasteiger partial charge in [0.1, 0.15) is 0 Å². The highest BCUT2D eigenvalue weighted by molar-refractivity contribution is 9.08. The van der Waals surface area contributed by atoms with Gasteiger partial charge in [-0.05, 0) is 23.9 Å². The lowest BCUT2D eigenvalue weighted by Gasteiger charge is -2.11. The fourth-order valence-corrected chi connectivity index (χ4v) is 2.42. The standard InChI is InChI=1S/C14H16BrNO/c1-2-3-8-16-13-7-5-4-6-11(13)9-12(10-15)14(16)17/h4-7,9H,2-3,8,10H2,1H3. The zero-order valence-electron chi connectivity index (χ0n) is 9.95. The van der Waals surface area contributed by atoms with Gasteiger partial charge >= 0.3 is 0 Å². The van der Waals surface area contributed by atoms with Crippen LogP contribution in [-0.4, -0.2) is 4.57 Å². The Hall–Kier alpha value is -1.09. The predicted molar refractivity (Wildman–Crippen MR) is 75.7 cm³/mol. The number of pyridine rings is 1. The Balaban J connectivity index is 2.66. The van der Waals surface area contributed by atoms with Gasteiger partial charge in [0.2, 0.25) is 0 Å². The maximum atomic E-state index is 12.3. The third-order valence-electron chi connectivity index (χ3n) is 2.96. The molecule has 90 valence electrons. The number of rotatable bonds is 4. The molecule has 0 unspecified atom stereocenters. The molecule has 0 spiro atoms. The number of alkyl halides is 1. The molecule has 2 aromatic rings. The third kappa shape index (κ3) is 2.44. The first-order valence-electron chi connectivity index (χ1n) is 5.95. The summed E-state index contributed by atoms with van der Waals surface area (Å²) >= 11 is 3.38. The maximum Gasteiger partial charge on any atom is 0.255 e. The number of fused-ring (bicyclic) bond motifs is 1. The van der Waals surface area contributed by atoms with Crippen molar-refractivity contribution in [1.82, 2.24) is 4.57 Å². The van der Waals surface area contributed by atoms with Gasteiger partial charge in [0.05, 0.1) is 5.52 Å². The van der Waals surface area contributed by atoms with Gasteiger partial charge in [-0.15, -0.1) is 0 Å². The van der Waals surface area contributed by atoms with Gasteiger partial charge in [-0.1, -0.05) is 47.5 Å². The summed E-state index contributed by atoms with van der Waals surface area (Å²) in [6.07, 6.45) is 2.13. The summed E-state index contributed by atoms with van der Waals surface area (Å²) in [5, 5.41) is 1.75. The monoisotopic (exact) mass is 293 g/mol.